The highest BCUT2D eigenvalue weighted by atomic mass is 19.1. The van der Waals surface area contributed by atoms with Gasteiger partial charge >= 0.3 is 0 Å². The molecule has 1 aliphatic rings. The van der Waals surface area contributed by atoms with Crippen molar-refractivity contribution in [3.05, 3.63) is 94.9 Å². The third-order valence-corrected chi connectivity index (χ3v) is 5.80. The maximum absolute atomic E-state index is 15.2. The van der Waals surface area contributed by atoms with Crippen molar-refractivity contribution in [3.63, 3.8) is 0 Å². The summed E-state index contributed by atoms with van der Waals surface area (Å²) in [7, 11) is 0. The van der Waals surface area contributed by atoms with Crippen molar-refractivity contribution in [1.29, 1.82) is 0 Å². The molecule has 1 saturated heterocycles. The van der Waals surface area contributed by atoms with E-state index in [1.807, 2.05) is 0 Å². The maximum Gasteiger partial charge on any atom is 0.199 e. The first-order valence-electron chi connectivity index (χ1n) is 11.1. The second-order valence-electron chi connectivity index (χ2n) is 8.15. The summed E-state index contributed by atoms with van der Waals surface area (Å²) in [6.45, 7) is 3.06. The third-order valence-electron chi connectivity index (χ3n) is 5.80. The smallest absolute Gasteiger partial charge is 0.199 e. The van der Waals surface area contributed by atoms with Gasteiger partial charge in [0.15, 0.2) is 17.3 Å². The Morgan fingerprint density at radius 3 is 2.63 bits per heavy atom. The van der Waals surface area contributed by atoms with Crippen molar-refractivity contribution in [1.82, 2.24) is 15.3 Å². The quantitative estimate of drug-likeness (QED) is 0.418. The van der Waals surface area contributed by atoms with E-state index in [1.54, 1.807) is 18.3 Å². The molecule has 35 heavy (non-hydrogen) atoms. The molecule has 5 rings (SSSR count). The van der Waals surface area contributed by atoms with Crippen LogP contribution >= 0.6 is 0 Å². The van der Waals surface area contributed by atoms with Gasteiger partial charge in [0.25, 0.3) is 0 Å². The zero-order valence-electron chi connectivity index (χ0n) is 18.6. The molecule has 0 amide bonds. The summed E-state index contributed by atoms with van der Waals surface area (Å²) < 4.78 is 48.6. The van der Waals surface area contributed by atoms with Gasteiger partial charge in [0.2, 0.25) is 0 Å². The highest BCUT2D eigenvalue weighted by molar-refractivity contribution is 6.10. The Hall–Kier alpha value is -3.98. The molecular weight excluding hydrogens is 457 g/mol. The van der Waals surface area contributed by atoms with E-state index in [4.69, 9.17) is 4.74 Å². The molecule has 0 aliphatic carbocycles. The predicted octanol–water partition coefficient (Wildman–Crippen LogP) is 4.27. The van der Waals surface area contributed by atoms with Crippen molar-refractivity contribution in [3.8, 4) is 5.75 Å². The van der Waals surface area contributed by atoms with E-state index in [1.165, 1.54) is 30.3 Å². The Kier molecular flexibility index (Phi) is 6.33. The number of anilines is 1. The first-order valence-corrected chi connectivity index (χ1v) is 11.1. The average Bonchev–Trinajstić information content (AvgIpc) is 2.88. The zero-order valence-corrected chi connectivity index (χ0v) is 18.6. The number of hydrogen-bond donors (Lipinski definition) is 1. The van der Waals surface area contributed by atoms with E-state index < -0.39 is 28.8 Å². The highest BCUT2D eigenvalue weighted by Crippen LogP contribution is 2.27. The maximum atomic E-state index is 15.2. The van der Waals surface area contributed by atoms with Crippen LogP contribution in [-0.2, 0) is 6.61 Å². The van der Waals surface area contributed by atoms with E-state index in [9.17, 15) is 13.6 Å². The van der Waals surface area contributed by atoms with Crippen LogP contribution in [0, 0.1) is 17.5 Å². The molecular formula is C26H21F3N4O2. The molecule has 4 aromatic rings. The number of nitrogens with one attached hydrogen (secondary N) is 1. The minimum Gasteiger partial charge on any atom is -0.486 e. The Labute approximate surface area is 199 Å². The Balaban J connectivity index is 1.43. The molecule has 178 valence electrons. The minimum absolute atomic E-state index is 0.0735. The zero-order chi connectivity index (χ0) is 24.4. The number of carbonyl (C=O) groups is 1. The molecule has 3 aromatic carbocycles. The minimum atomic E-state index is -1.12. The summed E-state index contributed by atoms with van der Waals surface area (Å²) in [6.07, 6.45) is 1.67. The second-order valence-corrected chi connectivity index (χ2v) is 8.15. The van der Waals surface area contributed by atoms with Crippen molar-refractivity contribution >= 4 is 22.6 Å². The summed E-state index contributed by atoms with van der Waals surface area (Å²) in [4.78, 5) is 24.2. The summed E-state index contributed by atoms with van der Waals surface area (Å²) >= 11 is 0. The van der Waals surface area contributed by atoms with Gasteiger partial charge in [-0.05, 0) is 48.0 Å². The van der Waals surface area contributed by atoms with Crippen LogP contribution in [0.15, 0.2) is 60.8 Å². The number of aromatic nitrogens is 2. The number of rotatable bonds is 6. The fourth-order valence-corrected chi connectivity index (χ4v) is 3.97. The van der Waals surface area contributed by atoms with E-state index in [0.29, 0.717) is 22.4 Å². The lowest BCUT2D eigenvalue weighted by Crippen LogP contribution is -2.43. The molecule has 1 aliphatic heterocycles. The van der Waals surface area contributed by atoms with Crippen LogP contribution in [0.4, 0.5) is 19.0 Å². The van der Waals surface area contributed by atoms with Gasteiger partial charge in [-0.15, -0.1) is 0 Å². The second kappa shape index (κ2) is 9.71. The lowest BCUT2D eigenvalue weighted by molar-refractivity contribution is 0.103. The molecule has 0 atom stereocenters. The molecule has 1 N–H and O–H groups in total. The van der Waals surface area contributed by atoms with Gasteiger partial charge < -0.3 is 15.0 Å². The molecule has 0 spiro atoms. The van der Waals surface area contributed by atoms with Gasteiger partial charge in [0, 0.05) is 31.7 Å². The van der Waals surface area contributed by atoms with Crippen molar-refractivity contribution in [2.75, 3.05) is 31.1 Å². The van der Waals surface area contributed by atoms with Crippen molar-refractivity contribution in [2.24, 2.45) is 0 Å². The third kappa shape index (κ3) is 4.81. The SMILES string of the molecule is O=C(c1ccc2ncc(N3CCNCC3)nc2c1)c1c(F)ccc(OCc2cccc(F)c2)c1F. The normalized spacial score (nSPS) is 13.7. The lowest BCUT2D eigenvalue weighted by atomic mass is 10.0. The topological polar surface area (TPSA) is 67.4 Å². The number of ketones is 1. The first-order chi connectivity index (χ1) is 17.0. The molecule has 0 radical (unpaired) electrons. The van der Waals surface area contributed by atoms with Crippen LogP contribution in [0.5, 0.6) is 5.75 Å². The highest BCUT2D eigenvalue weighted by Gasteiger charge is 2.23. The lowest BCUT2D eigenvalue weighted by Gasteiger charge is -2.28. The summed E-state index contributed by atoms with van der Waals surface area (Å²) in [6, 6.07) is 12.3. The number of ether oxygens (including phenoxy) is 1. The van der Waals surface area contributed by atoms with Crippen LogP contribution in [0.3, 0.4) is 0 Å². The molecule has 0 bridgehead atoms. The van der Waals surface area contributed by atoms with Gasteiger partial charge in [-0.25, -0.2) is 18.2 Å². The number of carbonyl (C=O) groups excluding carboxylic acids is 1. The van der Waals surface area contributed by atoms with E-state index in [-0.39, 0.29) is 17.9 Å². The van der Waals surface area contributed by atoms with Crippen molar-refractivity contribution in [2.45, 2.75) is 6.61 Å². The number of benzene rings is 3. The molecule has 1 aromatic heterocycles. The summed E-state index contributed by atoms with van der Waals surface area (Å²) in [5.74, 6) is -3.05. The molecule has 1 fully saturated rings. The number of piperazine rings is 1. The fourth-order valence-electron chi connectivity index (χ4n) is 3.97. The van der Waals surface area contributed by atoms with Gasteiger partial charge in [0.05, 0.1) is 22.8 Å². The van der Waals surface area contributed by atoms with E-state index in [2.05, 4.69) is 20.2 Å². The van der Waals surface area contributed by atoms with E-state index in [0.717, 1.165) is 38.3 Å². The Morgan fingerprint density at radius 1 is 1.00 bits per heavy atom. The number of halogens is 3. The predicted molar refractivity (Wildman–Crippen MR) is 125 cm³/mol. The number of fused-ring (bicyclic) bond motifs is 1. The monoisotopic (exact) mass is 478 g/mol. The standard InChI is InChI=1S/C26H21F3N4O2/c27-18-3-1-2-16(12-18)15-35-22-7-5-19(28)24(25(22)29)26(34)17-4-6-20-21(13-17)32-23(14-31-20)33-10-8-30-9-11-33/h1-7,12-14,30H,8-11,15H2. The fraction of sp³-hybridized carbons (Fsp3) is 0.192. The largest absolute Gasteiger partial charge is 0.486 e. The molecule has 6 nitrogen and oxygen atoms in total. The Bertz CT molecular complexity index is 1410. The summed E-state index contributed by atoms with van der Waals surface area (Å²) in [5, 5.41) is 3.27. The van der Waals surface area contributed by atoms with Gasteiger partial charge in [0.1, 0.15) is 24.1 Å². The Morgan fingerprint density at radius 2 is 1.83 bits per heavy atom. The number of hydrogen-bond acceptors (Lipinski definition) is 6. The van der Waals surface area contributed by atoms with Crippen molar-refractivity contribution < 1.29 is 22.7 Å². The molecule has 9 heteroatoms. The van der Waals surface area contributed by atoms with Crippen LogP contribution in [-0.4, -0.2) is 41.9 Å². The van der Waals surface area contributed by atoms with Gasteiger partial charge in [-0.3, -0.25) is 9.78 Å². The van der Waals surface area contributed by atoms with Gasteiger partial charge in [-0.1, -0.05) is 12.1 Å². The van der Waals surface area contributed by atoms with Crippen LogP contribution < -0.4 is 15.0 Å². The average molecular weight is 478 g/mol. The van der Waals surface area contributed by atoms with Gasteiger partial charge in [-0.2, -0.15) is 0 Å². The first kappa shape index (κ1) is 22.8. The molecule has 0 saturated carbocycles. The summed E-state index contributed by atoms with van der Waals surface area (Å²) in [5.41, 5.74) is 0.825. The molecule has 0 unspecified atom stereocenters. The van der Waals surface area contributed by atoms with E-state index >= 15 is 4.39 Å². The van der Waals surface area contributed by atoms with Crippen LogP contribution in [0.25, 0.3) is 11.0 Å². The van der Waals surface area contributed by atoms with Crippen LogP contribution in [0.2, 0.25) is 0 Å². The number of nitrogens with zero attached hydrogens (tertiary/aromatic N) is 3. The van der Waals surface area contributed by atoms with Crippen LogP contribution in [0.1, 0.15) is 21.5 Å². The molecule has 2 heterocycles.